The zero-order valence-corrected chi connectivity index (χ0v) is 65.6. The number of carbonyl (C=O) groups excluding carboxylic acids is 8. The minimum absolute atomic E-state index is 0.000783. The standard InChI is InChI=1S/C75H117N13O18S/c1-15-50(6)68(61(101-13)45-65(92)88-35-20-24-60(88)70(102-14)51(7)72(94)80-52(8)69(93)53-21-17-16-18-22-53)84(11)74(96)66(48(2)3)82-73(95)67(49(4)5)85(12)75(97)105-47-55-25-26-58(106-107(98,99)100)44-59(55)81-63(90)27-33-78-62(89)31-39-103-41-42-104-40-34-77-56-28-36-86(37-29-56)64(91)30-38-87-57(46-83(10)76-9)43-54-23-19-32-79-71(54)87/h16-19,21-23,25-26,32,43-44,48-52,56,60-61,66-70,76-77,93H,15,20,24,27-31,33-42,45-47H2,1-14H3,(H,78,89)(H,80,94)(H,81,90)(H,82,95)(H,98,99,100)/t50-,51+,52+,60-,61+,66-,67-,68-,69+,70+/m0/s1. The number of amides is 8. The average Bonchev–Trinajstić information content (AvgIpc) is 1.71. The SMILES string of the molecule is CC[C@H](C)[C@@H]([C@@H](CC(=O)N1CCC[C@H]1[C@H](OC)[C@@H](C)C(=O)N[C@H](C)[C@@H](O)c1ccccc1)OC)N(C)C(=O)[C@@H](NC(=O)[C@H](C(C)C)N(C)C(=O)OCc1ccc(OS(=O)(=O)O)cc1NC(=O)CCNC(=O)CCOCCOCCNC1CCN(C(=O)CCn2c(CN(C)NC)cc3cccnc32)CC1)C(C)C. The molecule has 0 bridgehead atoms. The molecule has 2 fully saturated rings. The number of hydrazine groups is 1. The van der Waals surface area contributed by atoms with Crippen molar-refractivity contribution in [2.24, 2.45) is 23.7 Å². The number of anilines is 1. The van der Waals surface area contributed by atoms with E-state index in [1.54, 1.807) is 71.8 Å². The number of hydrogen-bond donors (Lipinski definition) is 8. The number of likely N-dealkylation sites (tertiary alicyclic amines) is 2. The van der Waals surface area contributed by atoms with E-state index in [1.807, 2.05) is 68.2 Å². The number of ether oxygens (including phenoxy) is 5. The Labute approximate surface area is 630 Å². The third-order valence-corrected chi connectivity index (χ3v) is 20.5. The van der Waals surface area contributed by atoms with E-state index in [0.717, 1.165) is 46.6 Å². The Morgan fingerprint density at radius 1 is 0.748 bits per heavy atom. The van der Waals surface area contributed by atoms with Crippen LogP contribution in [0.4, 0.5) is 10.5 Å². The van der Waals surface area contributed by atoms with Gasteiger partial charge < -0.3 is 78.8 Å². The summed E-state index contributed by atoms with van der Waals surface area (Å²) >= 11 is 0. The van der Waals surface area contributed by atoms with Gasteiger partial charge in [0.15, 0.2) is 0 Å². The number of pyridine rings is 1. The molecule has 0 radical (unpaired) electrons. The second-order valence-electron chi connectivity index (χ2n) is 28.4. The summed E-state index contributed by atoms with van der Waals surface area (Å²) in [5.74, 6) is -4.95. The van der Waals surface area contributed by atoms with Crippen LogP contribution in [0.5, 0.6) is 5.75 Å². The van der Waals surface area contributed by atoms with Gasteiger partial charge in [-0.2, -0.15) is 8.42 Å². The third-order valence-electron chi connectivity index (χ3n) is 20.1. The van der Waals surface area contributed by atoms with E-state index >= 15 is 0 Å². The van der Waals surface area contributed by atoms with Gasteiger partial charge in [-0.25, -0.2) is 14.8 Å². The van der Waals surface area contributed by atoms with E-state index in [1.165, 1.54) is 32.2 Å². The maximum atomic E-state index is 14.9. The molecule has 8 amide bonds. The lowest BCUT2D eigenvalue weighted by Gasteiger charge is -2.41. The molecule has 2 aromatic carbocycles. The minimum Gasteiger partial charge on any atom is -0.444 e. The van der Waals surface area contributed by atoms with Gasteiger partial charge in [0, 0.05) is 129 Å². The molecule has 2 aliphatic rings. The van der Waals surface area contributed by atoms with Crippen LogP contribution in [0.2, 0.25) is 0 Å². The quantitative estimate of drug-likeness (QED) is 0.0160. The number of nitrogens with zero attached hydrogens (tertiary/aromatic N) is 7. The molecule has 107 heavy (non-hydrogen) atoms. The first-order valence-corrected chi connectivity index (χ1v) is 38.5. The summed E-state index contributed by atoms with van der Waals surface area (Å²) in [6.45, 7) is 18.4. The Morgan fingerprint density at radius 2 is 1.45 bits per heavy atom. The van der Waals surface area contributed by atoms with Gasteiger partial charge in [-0.3, -0.25) is 48.4 Å². The topological polar surface area (TPSA) is 373 Å². The fourth-order valence-corrected chi connectivity index (χ4v) is 14.2. The van der Waals surface area contributed by atoms with Gasteiger partial charge in [-0.15, -0.1) is 0 Å². The van der Waals surface area contributed by atoms with Crippen LogP contribution in [0, 0.1) is 23.7 Å². The summed E-state index contributed by atoms with van der Waals surface area (Å²) in [6, 6.07) is 14.8. The van der Waals surface area contributed by atoms with Crippen LogP contribution in [0.1, 0.15) is 136 Å². The first-order chi connectivity index (χ1) is 50.9. The van der Waals surface area contributed by atoms with Crippen LogP contribution in [0.3, 0.4) is 0 Å². The second kappa shape index (κ2) is 43.3. The maximum Gasteiger partial charge on any atom is 0.446 e. The largest absolute Gasteiger partial charge is 0.446 e. The number of benzene rings is 2. The summed E-state index contributed by atoms with van der Waals surface area (Å²) in [6.07, 6.45) is 1.86. The highest BCUT2D eigenvalue weighted by atomic mass is 32.3. The van der Waals surface area contributed by atoms with E-state index in [-0.39, 0.29) is 85.9 Å². The van der Waals surface area contributed by atoms with Gasteiger partial charge in [-0.1, -0.05) is 85.2 Å². The van der Waals surface area contributed by atoms with Crippen molar-refractivity contribution in [3.8, 4) is 5.75 Å². The summed E-state index contributed by atoms with van der Waals surface area (Å²) in [4.78, 5) is 122. The normalized spacial score (nSPS) is 16.8. The van der Waals surface area contributed by atoms with Gasteiger partial charge in [0.1, 0.15) is 30.1 Å². The van der Waals surface area contributed by atoms with Gasteiger partial charge in [0.05, 0.1) is 87.4 Å². The van der Waals surface area contributed by atoms with Crippen LogP contribution in [0.15, 0.2) is 72.9 Å². The van der Waals surface area contributed by atoms with E-state index in [2.05, 4.69) is 51.8 Å². The van der Waals surface area contributed by atoms with Crippen molar-refractivity contribution in [2.45, 2.75) is 187 Å². The number of aliphatic hydroxyl groups is 1. The first-order valence-electron chi connectivity index (χ1n) is 37.1. The molecule has 31 nitrogen and oxygen atoms in total. The Kier molecular flexibility index (Phi) is 35.6. The van der Waals surface area contributed by atoms with Crippen molar-refractivity contribution >= 4 is 74.6 Å². The molecule has 2 saturated heterocycles. The van der Waals surface area contributed by atoms with Crippen LogP contribution in [0.25, 0.3) is 11.0 Å². The van der Waals surface area contributed by atoms with E-state index in [0.29, 0.717) is 83.7 Å². The van der Waals surface area contributed by atoms with Crippen LogP contribution >= 0.6 is 0 Å². The minimum atomic E-state index is -5.01. The summed E-state index contributed by atoms with van der Waals surface area (Å²) in [7, 11) is 4.77. The third kappa shape index (κ3) is 26.4. The molecular weight excluding hydrogens is 1400 g/mol. The van der Waals surface area contributed by atoms with E-state index in [4.69, 9.17) is 23.7 Å². The highest BCUT2D eigenvalue weighted by Gasteiger charge is 2.44. The molecule has 6 rings (SSSR count). The Bertz CT molecular complexity index is 3640. The number of carbonyl (C=O) groups is 8. The lowest BCUT2D eigenvalue weighted by atomic mass is 9.89. The van der Waals surface area contributed by atoms with Crippen LogP contribution in [-0.4, -0.2) is 250 Å². The molecule has 4 heterocycles. The second-order valence-corrected chi connectivity index (χ2v) is 29.4. The number of nitrogens with one attached hydrogen (secondary N) is 6. The molecular formula is C75H117N13O18S. The summed E-state index contributed by atoms with van der Waals surface area (Å²) < 4.78 is 68.7. The fraction of sp³-hybridized carbons (Fsp3) is 0.640. The van der Waals surface area contributed by atoms with Gasteiger partial charge in [0.2, 0.25) is 41.4 Å². The molecule has 0 aliphatic carbocycles. The smallest absolute Gasteiger partial charge is 0.444 e. The molecule has 10 atom stereocenters. The zero-order valence-electron chi connectivity index (χ0n) is 64.7. The van der Waals surface area contributed by atoms with Gasteiger partial charge in [0.25, 0.3) is 0 Å². The number of aromatic nitrogens is 2. The number of hydrogen-bond acceptors (Lipinski definition) is 21. The molecule has 0 unspecified atom stereocenters. The monoisotopic (exact) mass is 1520 g/mol. The molecule has 2 aromatic heterocycles. The molecule has 0 saturated carbocycles. The van der Waals surface area contributed by atoms with Gasteiger partial charge in [-0.05, 0) is 93.3 Å². The maximum absolute atomic E-state index is 14.9. The lowest BCUT2D eigenvalue weighted by molar-refractivity contribution is -0.148. The van der Waals surface area contributed by atoms with Crippen molar-refractivity contribution in [3.05, 3.63) is 89.7 Å². The number of likely N-dealkylation sites (N-methyl/N-ethyl adjacent to an activating group) is 2. The van der Waals surface area contributed by atoms with E-state index < -0.39 is 113 Å². The number of rotatable bonds is 44. The Hall–Kier alpha value is -7.92. The van der Waals surface area contributed by atoms with E-state index in [9.17, 15) is 56.4 Å². The molecule has 32 heteroatoms. The van der Waals surface area contributed by atoms with Crippen molar-refractivity contribution in [1.29, 1.82) is 0 Å². The molecule has 2 aliphatic heterocycles. The number of piperidine rings is 1. The highest BCUT2D eigenvalue weighted by molar-refractivity contribution is 7.81. The molecule has 8 N–H and O–H groups in total. The predicted molar refractivity (Wildman–Crippen MR) is 402 cm³/mol. The average molecular weight is 1520 g/mol. The highest BCUT2D eigenvalue weighted by Crippen LogP contribution is 2.32. The van der Waals surface area contributed by atoms with Crippen molar-refractivity contribution in [2.75, 3.05) is 107 Å². The Balaban J connectivity index is 0.931. The number of aliphatic hydroxyl groups excluding tert-OH is 1. The number of aryl methyl sites for hydroxylation is 1. The Morgan fingerprint density at radius 3 is 2.09 bits per heavy atom. The van der Waals surface area contributed by atoms with Crippen LogP contribution < -0.4 is 36.2 Å². The first kappa shape index (κ1) is 88.0. The van der Waals surface area contributed by atoms with Crippen molar-refractivity contribution < 1.29 is 84.3 Å². The fourth-order valence-electron chi connectivity index (χ4n) is 13.9. The van der Waals surface area contributed by atoms with Crippen molar-refractivity contribution in [3.63, 3.8) is 0 Å². The van der Waals surface area contributed by atoms with Gasteiger partial charge >= 0.3 is 16.5 Å². The predicted octanol–water partition coefficient (Wildman–Crippen LogP) is 5.22. The molecule has 4 aromatic rings. The molecule has 0 spiro atoms. The summed E-state index contributed by atoms with van der Waals surface area (Å²) in [5.41, 5.74) is 5.82. The van der Waals surface area contributed by atoms with Crippen molar-refractivity contribution in [1.82, 2.24) is 60.9 Å². The van der Waals surface area contributed by atoms with Crippen LogP contribution in [-0.2, 0) is 87.3 Å². The summed E-state index contributed by atoms with van der Waals surface area (Å²) in [5, 5.41) is 28.6. The number of fused-ring (bicyclic) bond motifs is 1. The lowest BCUT2D eigenvalue weighted by Crippen LogP contribution is -2.60. The zero-order chi connectivity index (χ0) is 78.7. The molecule has 596 valence electrons. The number of methoxy groups -OCH3 is 2.